The Morgan fingerprint density at radius 3 is 2.46 bits per heavy atom. The van der Waals surface area contributed by atoms with E-state index < -0.39 is 0 Å². The first kappa shape index (κ1) is 18.2. The van der Waals surface area contributed by atoms with Gasteiger partial charge >= 0.3 is 0 Å². The second-order valence-electron chi connectivity index (χ2n) is 6.15. The highest BCUT2D eigenvalue weighted by molar-refractivity contribution is 8.00. The second kappa shape index (κ2) is 7.33. The van der Waals surface area contributed by atoms with E-state index in [9.17, 15) is 4.79 Å². The lowest BCUT2D eigenvalue weighted by molar-refractivity contribution is -0.115. The van der Waals surface area contributed by atoms with E-state index in [2.05, 4.69) is 20.6 Å². The van der Waals surface area contributed by atoms with E-state index in [4.69, 9.17) is 0 Å². The summed E-state index contributed by atoms with van der Waals surface area (Å²) in [6, 6.07) is 9.87. The van der Waals surface area contributed by atoms with Gasteiger partial charge < -0.3 is 9.88 Å². The molecule has 2 heterocycles. The van der Waals surface area contributed by atoms with Gasteiger partial charge in [-0.05, 0) is 20.8 Å². The molecular formula is C18H22N6OS. The summed E-state index contributed by atoms with van der Waals surface area (Å²) in [5.74, 6) is 0.693. The Morgan fingerprint density at radius 1 is 1.15 bits per heavy atom. The zero-order chi connectivity index (χ0) is 18.8. The molecule has 1 amide bonds. The van der Waals surface area contributed by atoms with Gasteiger partial charge in [0.1, 0.15) is 0 Å². The minimum atomic E-state index is -0.319. The second-order valence-corrected chi connectivity index (χ2v) is 7.46. The molecule has 0 aliphatic rings. The fourth-order valence-corrected chi connectivity index (χ4v) is 3.46. The number of aromatic nitrogens is 5. The fraction of sp³-hybridized carbons (Fsp3) is 0.333. The lowest BCUT2D eigenvalue weighted by Gasteiger charge is -2.12. The minimum absolute atomic E-state index is 0.0848. The molecule has 0 unspecified atom stereocenters. The Morgan fingerprint density at radius 2 is 1.85 bits per heavy atom. The molecule has 1 aromatic carbocycles. The van der Waals surface area contributed by atoms with Gasteiger partial charge in [0.25, 0.3) is 0 Å². The number of hydrogen-bond donors (Lipinski definition) is 1. The predicted molar refractivity (Wildman–Crippen MR) is 103 cm³/mol. The van der Waals surface area contributed by atoms with Crippen molar-refractivity contribution in [2.24, 2.45) is 14.1 Å². The number of anilines is 1. The van der Waals surface area contributed by atoms with Crippen LogP contribution in [0.15, 0.2) is 35.5 Å². The number of aryl methyl sites for hydroxylation is 2. The number of nitrogens with zero attached hydrogens (tertiary/aromatic N) is 5. The molecule has 1 atom stereocenters. The number of thioether (sulfide) groups is 1. The molecule has 0 saturated carbocycles. The quantitative estimate of drug-likeness (QED) is 0.699. The van der Waals surface area contributed by atoms with Gasteiger partial charge in [-0.1, -0.05) is 42.1 Å². The maximum absolute atomic E-state index is 12.6. The highest BCUT2D eigenvalue weighted by Crippen LogP contribution is 2.27. The molecule has 0 spiro atoms. The lowest BCUT2D eigenvalue weighted by atomic mass is 10.2. The van der Waals surface area contributed by atoms with Crippen LogP contribution in [0.5, 0.6) is 0 Å². The summed E-state index contributed by atoms with van der Waals surface area (Å²) in [6.07, 6.45) is 0. The smallest absolute Gasteiger partial charge is 0.237 e. The molecule has 3 aromatic rings. The first-order chi connectivity index (χ1) is 12.4. The minimum Gasteiger partial charge on any atom is -0.322 e. The van der Waals surface area contributed by atoms with Gasteiger partial charge in [0.15, 0.2) is 11.0 Å². The molecule has 0 radical (unpaired) electrons. The summed E-state index contributed by atoms with van der Waals surface area (Å²) in [5, 5.41) is 16.2. The topological polar surface area (TPSA) is 77.6 Å². The van der Waals surface area contributed by atoms with Crippen LogP contribution < -0.4 is 5.32 Å². The third-order valence-corrected chi connectivity index (χ3v) is 5.41. The van der Waals surface area contributed by atoms with Gasteiger partial charge in [-0.15, -0.1) is 10.2 Å². The molecular weight excluding hydrogens is 348 g/mol. The number of carbonyl (C=O) groups is 1. The Hall–Kier alpha value is -2.61. The summed E-state index contributed by atoms with van der Waals surface area (Å²) in [4.78, 5) is 12.6. The zero-order valence-electron chi connectivity index (χ0n) is 15.5. The van der Waals surface area contributed by atoms with Crippen molar-refractivity contribution >= 4 is 23.4 Å². The summed E-state index contributed by atoms with van der Waals surface area (Å²) in [7, 11) is 3.77. The van der Waals surface area contributed by atoms with E-state index in [1.807, 2.05) is 69.8 Å². The third kappa shape index (κ3) is 3.50. The largest absolute Gasteiger partial charge is 0.322 e. The Kier molecular flexibility index (Phi) is 5.13. The van der Waals surface area contributed by atoms with Crippen molar-refractivity contribution < 1.29 is 4.79 Å². The normalized spacial score (nSPS) is 12.2. The van der Waals surface area contributed by atoms with Crippen LogP contribution in [0.2, 0.25) is 0 Å². The first-order valence-corrected chi connectivity index (χ1v) is 9.19. The molecule has 0 saturated heterocycles. The van der Waals surface area contributed by atoms with Gasteiger partial charge in [0, 0.05) is 19.7 Å². The number of hydrogen-bond acceptors (Lipinski definition) is 5. The van der Waals surface area contributed by atoms with Crippen molar-refractivity contribution in [1.29, 1.82) is 0 Å². The summed E-state index contributed by atoms with van der Waals surface area (Å²) < 4.78 is 3.67. The van der Waals surface area contributed by atoms with Crippen LogP contribution in [-0.2, 0) is 18.9 Å². The SMILES string of the molecule is Cc1nn(C)c(C)c1NC(=O)[C@H](C)Sc1nnc(-c2ccccc2)n1C. The van der Waals surface area contributed by atoms with E-state index in [-0.39, 0.29) is 11.2 Å². The Bertz CT molecular complexity index is 931. The molecule has 0 aliphatic carbocycles. The maximum atomic E-state index is 12.6. The van der Waals surface area contributed by atoms with Crippen molar-refractivity contribution in [2.75, 3.05) is 5.32 Å². The monoisotopic (exact) mass is 370 g/mol. The van der Waals surface area contributed by atoms with Crippen molar-refractivity contribution in [1.82, 2.24) is 24.5 Å². The Balaban J connectivity index is 1.73. The van der Waals surface area contributed by atoms with E-state index in [0.29, 0.717) is 5.16 Å². The standard InChI is InChI=1S/C18H22N6OS/c1-11-15(12(2)24(5)22-11)19-17(25)13(3)26-18-21-20-16(23(18)4)14-9-7-6-8-10-14/h6-10,13H,1-5H3,(H,19,25)/t13-/m0/s1. The van der Waals surface area contributed by atoms with Gasteiger partial charge in [-0.25, -0.2) is 0 Å². The van der Waals surface area contributed by atoms with E-state index >= 15 is 0 Å². The predicted octanol–water partition coefficient (Wildman–Crippen LogP) is 2.95. The lowest BCUT2D eigenvalue weighted by Crippen LogP contribution is -2.23. The number of rotatable bonds is 5. The van der Waals surface area contributed by atoms with Crippen LogP contribution in [0.3, 0.4) is 0 Å². The molecule has 8 heteroatoms. The van der Waals surface area contributed by atoms with Gasteiger partial charge in [0.05, 0.1) is 22.3 Å². The molecule has 2 aromatic heterocycles. The van der Waals surface area contributed by atoms with E-state index in [1.54, 1.807) is 4.68 Å². The zero-order valence-corrected chi connectivity index (χ0v) is 16.3. The highest BCUT2D eigenvalue weighted by atomic mass is 32.2. The molecule has 0 aliphatic heterocycles. The van der Waals surface area contributed by atoms with Crippen molar-refractivity contribution in [3.05, 3.63) is 41.7 Å². The van der Waals surface area contributed by atoms with Crippen LogP contribution in [0.25, 0.3) is 11.4 Å². The van der Waals surface area contributed by atoms with Gasteiger partial charge in [0.2, 0.25) is 5.91 Å². The van der Waals surface area contributed by atoms with Crippen molar-refractivity contribution in [3.8, 4) is 11.4 Å². The van der Waals surface area contributed by atoms with Crippen LogP contribution in [0, 0.1) is 13.8 Å². The fourth-order valence-electron chi connectivity index (χ4n) is 2.65. The molecule has 7 nitrogen and oxygen atoms in total. The first-order valence-electron chi connectivity index (χ1n) is 8.31. The van der Waals surface area contributed by atoms with Crippen molar-refractivity contribution in [2.45, 2.75) is 31.2 Å². The van der Waals surface area contributed by atoms with Crippen LogP contribution in [0.4, 0.5) is 5.69 Å². The molecule has 26 heavy (non-hydrogen) atoms. The number of nitrogens with one attached hydrogen (secondary N) is 1. The summed E-state index contributed by atoms with van der Waals surface area (Å²) in [6.45, 7) is 5.68. The summed E-state index contributed by atoms with van der Waals surface area (Å²) >= 11 is 1.38. The number of benzene rings is 1. The Labute approximate surface area is 156 Å². The number of carbonyl (C=O) groups excluding carboxylic acids is 1. The van der Waals surface area contributed by atoms with Gasteiger partial charge in [-0.3, -0.25) is 9.48 Å². The number of amides is 1. The van der Waals surface area contributed by atoms with Crippen molar-refractivity contribution in [3.63, 3.8) is 0 Å². The maximum Gasteiger partial charge on any atom is 0.237 e. The molecule has 3 rings (SSSR count). The van der Waals surface area contributed by atoms with E-state index in [0.717, 1.165) is 28.5 Å². The highest BCUT2D eigenvalue weighted by Gasteiger charge is 2.21. The van der Waals surface area contributed by atoms with Crippen LogP contribution >= 0.6 is 11.8 Å². The molecule has 1 N–H and O–H groups in total. The average molecular weight is 370 g/mol. The van der Waals surface area contributed by atoms with Crippen LogP contribution in [-0.4, -0.2) is 35.7 Å². The molecule has 0 bridgehead atoms. The molecule has 136 valence electrons. The van der Waals surface area contributed by atoms with E-state index in [1.165, 1.54) is 11.8 Å². The van der Waals surface area contributed by atoms with Crippen LogP contribution in [0.1, 0.15) is 18.3 Å². The third-order valence-electron chi connectivity index (χ3n) is 4.28. The average Bonchev–Trinajstić information content (AvgIpc) is 3.10. The van der Waals surface area contributed by atoms with Gasteiger partial charge in [-0.2, -0.15) is 5.10 Å². The summed E-state index contributed by atoms with van der Waals surface area (Å²) in [5.41, 5.74) is 3.50. The molecule has 0 fully saturated rings.